The third kappa shape index (κ3) is 2.90. The third-order valence-electron chi connectivity index (χ3n) is 3.78. The molecule has 0 aromatic carbocycles. The van der Waals surface area contributed by atoms with Crippen LogP contribution in [0.5, 0.6) is 0 Å². The largest absolute Gasteiger partial charge is 0.447 e. The molecule has 1 aliphatic carbocycles. The van der Waals surface area contributed by atoms with Crippen molar-refractivity contribution in [3.8, 4) is 0 Å². The van der Waals surface area contributed by atoms with Crippen LogP contribution in [0.3, 0.4) is 0 Å². The van der Waals surface area contributed by atoms with Crippen LogP contribution in [0.4, 0.5) is 0 Å². The molecule has 0 spiro atoms. The van der Waals surface area contributed by atoms with E-state index in [9.17, 15) is 8.42 Å². The van der Waals surface area contributed by atoms with Crippen molar-refractivity contribution < 1.29 is 17.6 Å². The molecule has 0 bridgehead atoms. The van der Waals surface area contributed by atoms with Gasteiger partial charge in [-0.25, -0.2) is 13.1 Å². The topological polar surface area (TPSA) is 80.6 Å². The lowest BCUT2D eigenvalue weighted by Gasteiger charge is -2.18. The fraction of sp³-hybridized carbons (Fsp3) is 0.692. The van der Waals surface area contributed by atoms with E-state index >= 15 is 0 Å². The van der Waals surface area contributed by atoms with Gasteiger partial charge in [-0.2, -0.15) is 0 Å². The van der Waals surface area contributed by atoms with Crippen LogP contribution in [0, 0.1) is 5.92 Å². The zero-order valence-electron chi connectivity index (χ0n) is 11.5. The Bertz CT molecular complexity index is 565. The van der Waals surface area contributed by atoms with Crippen molar-refractivity contribution in [2.75, 3.05) is 13.7 Å². The molecule has 2 N–H and O–H groups in total. The standard InChI is InChI=1S/C13H20N2O4S/c1-14-8-10-4-5-12(19-10)20(16,17)15-11-6-7-18-13(11)9-2-3-9/h4-5,9,11,13-15H,2-3,6-8H2,1H3. The van der Waals surface area contributed by atoms with E-state index in [0.29, 0.717) is 24.8 Å². The predicted octanol–water partition coefficient (Wildman–Crippen LogP) is 0.845. The maximum Gasteiger partial charge on any atom is 0.274 e. The predicted molar refractivity (Wildman–Crippen MR) is 72.7 cm³/mol. The van der Waals surface area contributed by atoms with Crippen molar-refractivity contribution in [3.63, 3.8) is 0 Å². The lowest BCUT2D eigenvalue weighted by atomic mass is 10.1. The molecule has 2 atom stereocenters. The lowest BCUT2D eigenvalue weighted by Crippen LogP contribution is -2.41. The Morgan fingerprint density at radius 2 is 2.10 bits per heavy atom. The molecule has 7 heteroatoms. The Morgan fingerprint density at radius 1 is 1.30 bits per heavy atom. The van der Waals surface area contributed by atoms with E-state index in [-0.39, 0.29) is 17.2 Å². The van der Waals surface area contributed by atoms with Gasteiger partial charge >= 0.3 is 0 Å². The smallest absolute Gasteiger partial charge is 0.274 e. The van der Waals surface area contributed by atoms with E-state index in [1.54, 1.807) is 13.1 Å². The van der Waals surface area contributed by atoms with Crippen molar-refractivity contribution in [3.05, 3.63) is 17.9 Å². The highest BCUT2D eigenvalue weighted by atomic mass is 32.2. The van der Waals surface area contributed by atoms with E-state index in [4.69, 9.17) is 9.15 Å². The fourth-order valence-electron chi connectivity index (χ4n) is 2.66. The molecule has 0 amide bonds. The molecule has 6 nitrogen and oxygen atoms in total. The van der Waals surface area contributed by atoms with Crippen molar-refractivity contribution in [2.45, 2.75) is 43.0 Å². The summed E-state index contributed by atoms with van der Waals surface area (Å²) in [5.74, 6) is 1.12. The first kappa shape index (κ1) is 14.1. The van der Waals surface area contributed by atoms with Gasteiger partial charge in [0, 0.05) is 6.61 Å². The van der Waals surface area contributed by atoms with Crippen LogP contribution < -0.4 is 10.0 Å². The second kappa shape index (κ2) is 5.48. The number of sulfonamides is 1. The molecular formula is C13H20N2O4S. The highest BCUT2D eigenvalue weighted by Gasteiger charge is 2.42. The number of ether oxygens (including phenoxy) is 1. The molecule has 2 unspecified atom stereocenters. The van der Waals surface area contributed by atoms with Crippen LogP contribution in [-0.2, 0) is 21.3 Å². The zero-order valence-corrected chi connectivity index (χ0v) is 12.3. The van der Waals surface area contributed by atoms with Gasteiger partial charge in [-0.3, -0.25) is 0 Å². The molecule has 1 saturated carbocycles. The van der Waals surface area contributed by atoms with Gasteiger partial charge in [0.25, 0.3) is 10.0 Å². The SMILES string of the molecule is CNCc1ccc(S(=O)(=O)NC2CCOC2C2CC2)o1. The number of rotatable bonds is 6. The molecular weight excluding hydrogens is 280 g/mol. The van der Waals surface area contributed by atoms with Gasteiger partial charge in [-0.05, 0) is 44.4 Å². The highest BCUT2D eigenvalue weighted by molar-refractivity contribution is 7.89. The summed E-state index contributed by atoms with van der Waals surface area (Å²) in [5.41, 5.74) is 0. The summed E-state index contributed by atoms with van der Waals surface area (Å²) in [6.45, 7) is 1.13. The van der Waals surface area contributed by atoms with Crippen LogP contribution in [-0.4, -0.2) is 34.2 Å². The first-order valence-electron chi connectivity index (χ1n) is 6.97. The maximum atomic E-state index is 12.3. The summed E-state index contributed by atoms with van der Waals surface area (Å²) >= 11 is 0. The average Bonchev–Trinajstić information content (AvgIpc) is 2.95. The number of nitrogens with one attached hydrogen (secondary N) is 2. The third-order valence-corrected chi connectivity index (χ3v) is 5.14. The molecule has 0 radical (unpaired) electrons. The number of hydrogen-bond acceptors (Lipinski definition) is 5. The van der Waals surface area contributed by atoms with Crippen LogP contribution in [0.2, 0.25) is 0 Å². The molecule has 2 heterocycles. The number of hydrogen-bond donors (Lipinski definition) is 2. The molecule has 2 fully saturated rings. The first-order valence-corrected chi connectivity index (χ1v) is 8.46. The second-order valence-electron chi connectivity index (χ2n) is 5.44. The molecule has 1 aromatic rings. The van der Waals surface area contributed by atoms with E-state index in [1.807, 2.05) is 0 Å². The van der Waals surface area contributed by atoms with E-state index in [1.165, 1.54) is 6.07 Å². The summed E-state index contributed by atoms with van der Waals surface area (Å²) < 4.78 is 38.4. The highest BCUT2D eigenvalue weighted by Crippen LogP contribution is 2.39. The minimum Gasteiger partial charge on any atom is -0.447 e. The molecule has 3 rings (SSSR count). The van der Waals surface area contributed by atoms with Gasteiger partial charge in [0.2, 0.25) is 5.09 Å². The van der Waals surface area contributed by atoms with E-state index in [2.05, 4.69) is 10.0 Å². The quantitative estimate of drug-likeness (QED) is 0.814. The van der Waals surface area contributed by atoms with Crippen molar-refractivity contribution in [2.24, 2.45) is 5.92 Å². The monoisotopic (exact) mass is 300 g/mol. The maximum absolute atomic E-state index is 12.3. The van der Waals surface area contributed by atoms with Crippen LogP contribution in [0.1, 0.15) is 25.0 Å². The normalized spacial score (nSPS) is 27.1. The molecule has 112 valence electrons. The minimum absolute atomic E-state index is 0.0239. The molecule has 1 aromatic heterocycles. The summed E-state index contributed by atoms with van der Waals surface area (Å²) in [6, 6.07) is 3.04. The van der Waals surface area contributed by atoms with Gasteiger partial charge in [-0.1, -0.05) is 0 Å². The molecule has 20 heavy (non-hydrogen) atoms. The number of furan rings is 1. The fourth-order valence-corrected chi connectivity index (χ4v) is 3.89. The van der Waals surface area contributed by atoms with Crippen LogP contribution in [0.25, 0.3) is 0 Å². The van der Waals surface area contributed by atoms with E-state index < -0.39 is 10.0 Å². The van der Waals surface area contributed by atoms with Crippen LogP contribution in [0.15, 0.2) is 21.6 Å². The Kier molecular flexibility index (Phi) is 3.85. The van der Waals surface area contributed by atoms with Gasteiger partial charge in [0.05, 0.1) is 18.7 Å². The summed E-state index contributed by atoms with van der Waals surface area (Å²) in [5, 5.41) is 2.90. The van der Waals surface area contributed by atoms with Gasteiger partial charge in [-0.15, -0.1) is 0 Å². The van der Waals surface area contributed by atoms with Crippen molar-refractivity contribution in [1.29, 1.82) is 0 Å². The van der Waals surface area contributed by atoms with Gasteiger partial charge in [0.1, 0.15) is 5.76 Å². The zero-order chi connectivity index (χ0) is 14.2. The van der Waals surface area contributed by atoms with Crippen LogP contribution >= 0.6 is 0 Å². The van der Waals surface area contributed by atoms with Gasteiger partial charge in [0.15, 0.2) is 0 Å². The Balaban J connectivity index is 1.70. The summed E-state index contributed by atoms with van der Waals surface area (Å²) in [7, 11) is -1.82. The average molecular weight is 300 g/mol. The first-order chi connectivity index (χ1) is 9.60. The van der Waals surface area contributed by atoms with Crippen molar-refractivity contribution >= 4 is 10.0 Å². The second-order valence-corrected chi connectivity index (χ2v) is 7.09. The Labute approximate surface area is 118 Å². The Hall–Kier alpha value is -0.890. The summed E-state index contributed by atoms with van der Waals surface area (Å²) in [6.07, 6.45) is 3.02. The molecule has 2 aliphatic rings. The van der Waals surface area contributed by atoms with E-state index in [0.717, 1.165) is 19.3 Å². The molecule has 1 saturated heterocycles. The minimum atomic E-state index is -3.60. The molecule has 1 aliphatic heterocycles. The lowest BCUT2D eigenvalue weighted by molar-refractivity contribution is 0.0847. The Morgan fingerprint density at radius 3 is 2.80 bits per heavy atom. The summed E-state index contributed by atoms with van der Waals surface area (Å²) in [4.78, 5) is 0. The van der Waals surface area contributed by atoms with Crippen molar-refractivity contribution in [1.82, 2.24) is 10.0 Å². The van der Waals surface area contributed by atoms with Gasteiger partial charge < -0.3 is 14.5 Å².